The molecule has 7 heteroatoms. The highest BCUT2D eigenvalue weighted by Gasteiger charge is 2.28. The molecule has 1 aromatic rings. The lowest BCUT2D eigenvalue weighted by Crippen LogP contribution is -2.30. The molecule has 0 fully saturated rings. The largest absolute Gasteiger partial charge is 0.493 e. The van der Waals surface area contributed by atoms with E-state index in [2.05, 4.69) is 0 Å². The highest BCUT2D eigenvalue weighted by Crippen LogP contribution is 2.31. The predicted octanol–water partition coefficient (Wildman–Crippen LogP) is 1.44. The summed E-state index contributed by atoms with van der Waals surface area (Å²) >= 11 is 0. The van der Waals surface area contributed by atoms with Crippen LogP contribution >= 0.6 is 0 Å². The molecule has 1 atom stereocenters. The topological polar surface area (TPSA) is 65.1 Å². The Kier molecular flexibility index (Phi) is 7.12. The molecule has 0 saturated heterocycles. The van der Waals surface area contributed by atoms with E-state index in [0.29, 0.717) is 24.5 Å². The standard InChI is InChI=1S/C15H25NO5S/c1-16(2)9-8-13(11-19-3)22(17,18)12-6-7-14(20-4)15(10-12)21-5/h6-7,10,13H,8-9,11H2,1-5H3. The summed E-state index contributed by atoms with van der Waals surface area (Å²) in [7, 11) is 4.81. The zero-order valence-corrected chi connectivity index (χ0v) is 14.6. The van der Waals surface area contributed by atoms with Crippen molar-refractivity contribution >= 4 is 9.84 Å². The molecule has 0 saturated carbocycles. The average molecular weight is 331 g/mol. The molecular formula is C15H25NO5S. The van der Waals surface area contributed by atoms with E-state index in [4.69, 9.17) is 14.2 Å². The van der Waals surface area contributed by atoms with Crippen LogP contribution in [0.5, 0.6) is 11.5 Å². The lowest BCUT2D eigenvalue weighted by atomic mass is 10.3. The molecule has 0 spiro atoms. The van der Waals surface area contributed by atoms with Crippen LogP contribution in [0.2, 0.25) is 0 Å². The maximum absolute atomic E-state index is 12.8. The minimum atomic E-state index is -3.50. The summed E-state index contributed by atoms with van der Waals surface area (Å²) < 4.78 is 41.0. The van der Waals surface area contributed by atoms with E-state index < -0.39 is 15.1 Å². The number of benzene rings is 1. The van der Waals surface area contributed by atoms with Crippen LogP contribution in [0.1, 0.15) is 6.42 Å². The van der Waals surface area contributed by atoms with Crippen LogP contribution in [0.3, 0.4) is 0 Å². The van der Waals surface area contributed by atoms with Crippen LogP contribution in [-0.2, 0) is 14.6 Å². The molecule has 0 bridgehead atoms. The van der Waals surface area contributed by atoms with Crippen molar-refractivity contribution in [1.82, 2.24) is 4.90 Å². The summed E-state index contributed by atoms with van der Waals surface area (Å²) in [5.74, 6) is 0.894. The second kappa shape index (κ2) is 8.36. The van der Waals surface area contributed by atoms with Gasteiger partial charge in [0.1, 0.15) is 0 Å². The molecule has 0 heterocycles. The van der Waals surface area contributed by atoms with E-state index in [1.165, 1.54) is 33.5 Å². The Labute approximate surface area is 132 Å². The molecule has 1 aromatic carbocycles. The Balaban J connectivity index is 3.13. The van der Waals surface area contributed by atoms with Gasteiger partial charge in [-0.25, -0.2) is 8.42 Å². The molecule has 1 rings (SSSR count). The first kappa shape index (κ1) is 18.7. The molecule has 0 aromatic heterocycles. The van der Waals surface area contributed by atoms with Gasteiger partial charge in [0.15, 0.2) is 21.3 Å². The SMILES string of the molecule is COCC(CCN(C)C)S(=O)(=O)c1ccc(OC)c(OC)c1. The Morgan fingerprint density at radius 2 is 1.73 bits per heavy atom. The molecule has 0 radical (unpaired) electrons. The van der Waals surface area contributed by atoms with E-state index in [0.717, 1.165) is 0 Å². The zero-order chi connectivity index (χ0) is 16.8. The number of hydrogen-bond acceptors (Lipinski definition) is 6. The molecule has 22 heavy (non-hydrogen) atoms. The molecule has 0 aliphatic carbocycles. The fourth-order valence-corrected chi connectivity index (χ4v) is 3.75. The minimum absolute atomic E-state index is 0.157. The number of rotatable bonds is 9. The summed E-state index contributed by atoms with van der Waals surface area (Å²) in [6.45, 7) is 0.824. The van der Waals surface area contributed by atoms with Crippen LogP contribution in [0.15, 0.2) is 23.1 Å². The summed E-state index contributed by atoms with van der Waals surface area (Å²) in [4.78, 5) is 2.17. The average Bonchev–Trinajstić information content (AvgIpc) is 2.50. The summed E-state index contributed by atoms with van der Waals surface area (Å²) in [5, 5.41) is -0.599. The number of sulfone groups is 1. The zero-order valence-electron chi connectivity index (χ0n) is 13.8. The molecule has 0 N–H and O–H groups in total. The summed E-state index contributed by atoms with van der Waals surface area (Å²) in [6.07, 6.45) is 0.498. The monoisotopic (exact) mass is 331 g/mol. The van der Waals surface area contributed by atoms with Crippen LogP contribution in [0.25, 0.3) is 0 Å². The number of nitrogens with zero attached hydrogens (tertiary/aromatic N) is 1. The van der Waals surface area contributed by atoms with Crippen molar-refractivity contribution in [2.75, 3.05) is 48.6 Å². The van der Waals surface area contributed by atoms with Gasteiger partial charge in [-0.2, -0.15) is 0 Å². The van der Waals surface area contributed by atoms with Gasteiger partial charge in [-0.1, -0.05) is 0 Å². The summed E-state index contributed by atoms with van der Waals surface area (Å²) in [5.41, 5.74) is 0. The van der Waals surface area contributed by atoms with Crippen molar-refractivity contribution in [2.45, 2.75) is 16.6 Å². The fourth-order valence-electron chi connectivity index (χ4n) is 2.10. The molecule has 0 aliphatic heterocycles. The smallest absolute Gasteiger partial charge is 0.183 e. The number of hydrogen-bond donors (Lipinski definition) is 0. The van der Waals surface area contributed by atoms with Crippen LogP contribution in [0, 0.1) is 0 Å². The van der Waals surface area contributed by atoms with Gasteiger partial charge in [0.25, 0.3) is 0 Å². The molecular weight excluding hydrogens is 306 g/mol. The van der Waals surface area contributed by atoms with Crippen molar-refractivity contribution in [3.8, 4) is 11.5 Å². The van der Waals surface area contributed by atoms with Gasteiger partial charge in [0, 0.05) is 13.2 Å². The first-order valence-electron chi connectivity index (χ1n) is 6.96. The normalized spacial score (nSPS) is 13.2. The number of ether oxygens (including phenoxy) is 3. The van der Waals surface area contributed by atoms with Gasteiger partial charge in [0.2, 0.25) is 0 Å². The van der Waals surface area contributed by atoms with Gasteiger partial charge < -0.3 is 19.1 Å². The second-order valence-corrected chi connectivity index (χ2v) is 7.46. The third kappa shape index (κ3) is 4.59. The highest BCUT2D eigenvalue weighted by molar-refractivity contribution is 7.92. The Morgan fingerprint density at radius 1 is 1.09 bits per heavy atom. The Morgan fingerprint density at radius 3 is 2.23 bits per heavy atom. The fraction of sp³-hybridized carbons (Fsp3) is 0.600. The lowest BCUT2D eigenvalue weighted by molar-refractivity contribution is 0.191. The van der Waals surface area contributed by atoms with Gasteiger partial charge in [-0.15, -0.1) is 0 Å². The van der Waals surface area contributed by atoms with E-state index in [1.807, 2.05) is 19.0 Å². The van der Waals surface area contributed by atoms with Crippen molar-refractivity contribution < 1.29 is 22.6 Å². The Hall–Kier alpha value is -1.31. The van der Waals surface area contributed by atoms with E-state index >= 15 is 0 Å². The molecule has 0 aliphatic rings. The van der Waals surface area contributed by atoms with Gasteiger partial charge >= 0.3 is 0 Å². The third-order valence-electron chi connectivity index (χ3n) is 3.37. The van der Waals surface area contributed by atoms with E-state index in [1.54, 1.807) is 6.07 Å². The minimum Gasteiger partial charge on any atom is -0.493 e. The second-order valence-electron chi connectivity index (χ2n) is 5.23. The van der Waals surface area contributed by atoms with Crippen molar-refractivity contribution in [2.24, 2.45) is 0 Å². The van der Waals surface area contributed by atoms with E-state index in [9.17, 15) is 8.42 Å². The maximum atomic E-state index is 12.8. The third-order valence-corrected chi connectivity index (χ3v) is 5.53. The van der Waals surface area contributed by atoms with Crippen molar-refractivity contribution in [3.63, 3.8) is 0 Å². The van der Waals surface area contributed by atoms with Crippen LogP contribution in [0.4, 0.5) is 0 Å². The van der Waals surface area contributed by atoms with Gasteiger partial charge in [0.05, 0.1) is 31.0 Å². The van der Waals surface area contributed by atoms with Crippen molar-refractivity contribution in [1.29, 1.82) is 0 Å². The van der Waals surface area contributed by atoms with Gasteiger partial charge in [-0.05, 0) is 39.2 Å². The van der Waals surface area contributed by atoms with E-state index in [-0.39, 0.29) is 11.5 Å². The lowest BCUT2D eigenvalue weighted by Gasteiger charge is -2.20. The molecule has 0 amide bonds. The predicted molar refractivity (Wildman–Crippen MR) is 85.6 cm³/mol. The summed E-state index contributed by atoms with van der Waals surface area (Å²) in [6, 6.07) is 4.63. The first-order valence-corrected chi connectivity index (χ1v) is 8.51. The van der Waals surface area contributed by atoms with Gasteiger partial charge in [-0.3, -0.25) is 0 Å². The first-order chi connectivity index (χ1) is 10.4. The highest BCUT2D eigenvalue weighted by atomic mass is 32.2. The number of methoxy groups -OCH3 is 3. The van der Waals surface area contributed by atoms with Crippen LogP contribution in [-0.4, -0.2) is 67.1 Å². The molecule has 6 nitrogen and oxygen atoms in total. The van der Waals surface area contributed by atoms with Crippen LogP contribution < -0.4 is 9.47 Å². The quantitative estimate of drug-likeness (QED) is 0.682. The Bertz CT molecular complexity index is 571. The maximum Gasteiger partial charge on any atom is 0.183 e. The molecule has 126 valence electrons. The van der Waals surface area contributed by atoms with Crippen molar-refractivity contribution in [3.05, 3.63) is 18.2 Å². The molecule has 1 unspecified atom stereocenters.